The van der Waals surface area contributed by atoms with Gasteiger partial charge in [0.15, 0.2) is 0 Å². The molecule has 0 fully saturated rings. The molecule has 0 aromatic heterocycles. The van der Waals surface area contributed by atoms with Crippen molar-refractivity contribution in [3.05, 3.63) is 70.0 Å². The molecule has 2 aromatic rings. The Balaban J connectivity index is 1.72. The molecule has 1 aliphatic rings. The average Bonchev–Trinajstić information content (AvgIpc) is 2.51. The molecule has 2 N–H and O–H groups in total. The molecule has 1 nitrogen and oxygen atoms in total. The van der Waals surface area contributed by atoms with Crippen molar-refractivity contribution in [1.82, 2.24) is 0 Å². The maximum Gasteiger partial charge on any atom is 0.142 e. The summed E-state index contributed by atoms with van der Waals surface area (Å²) in [6, 6.07) is 13.5. The number of aryl methyl sites for hydroxylation is 1. The zero-order valence-electron chi connectivity index (χ0n) is 11.9. The fourth-order valence-corrected chi connectivity index (χ4v) is 3.42. The van der Waals surface area contributed by atoms with E-state index in [-0.39, 0.29) is 16.9 Å². The lowest BCUT2D eigenvalue weighted by atomic mass is 9.79. The Kier molecular flexibility index (Phi) is 4.27. The van der Waals surface area contributed by atoms with Crippen molar-refractivity contribution in [3.8, 4) is 0 Å². The third kappa shape index (κ3) is 3.12. The smallest absolute Gasteiger partial charge is 0.142 e. The van der Waals surface area contributed by atoms with Crippen molar-refractivity contribution in [2.24, 2.45) is 11.7 Å². The van der Waals surface area contributed by atoms with Crippen molar-refractivity contribution >= 4 is 11.6 Å². The molecule has 0 radical (unpaired) electrons. The first-order valence-corrected chi connectivity index (χ1v) is 7.78. The van der Waals surface area contributed by atoms with Crippen LogP contribution in [0.1, 0.15) is 23.1 Å². The Hall–Kier alpha value is -1.38. The van der Waals surface area contributed by atoms with E-state index in [1.54, 1.807) is 6.07 Å². The van der Waals surface area contributed by atoms with Crippen LogP contribution in [0.3, 0.4) is 0 Å². The molecule has 0 spiro atoms. The van der Waals surface area contributed by atoms with Gasteiger partial charge in [-0.15, -0.1) is 0 Å². The third-order valence-corrected chi connectivity index (χ3v) is 4.90. The van der Waals surface area contributed by atoms with Crippen molar-refractivity contribution in [1.29, 1.82) is 0 Å². The summed E-state index contributed by atoms with van der Waals surface area (Å²) in [5, 5.41) is 0.212. The molecule has 0 heterocycles. The van der Waals surface area contributed by atoms with Crippen LogP contribution in [-0.4, -0.2) is 6.04 Å². The summed E-state index contributed by atoms with van der Waals surface area (Å²) in [6.07, 6.45) is 3.80. The molecule has 0 bridgehead atoms. The Morgan fingerprint density at radius 3 is 2.71 bits per heavy atom. The molecule has 3 rings (SSSR count). The Morgan fingerprint density at radius 2 is 1.90 bits per heavy atom. The van der Waals surface area contributed by atoms with Crippen molar-refractivity contribution in [2.75, 3.05) is 0 Å². The molecular formula is C18H19ClFN. The Bertz CT molecular complexity index is 641. The quantitative estimate of drug-likeness (QED) is 0.905. The Labute approximate surface area is 129 Å². The largest absolute Gasteiger partial charge is 0.327 e. The lowest BCUT2D eigenvalue weighted by Crippen LogP contribution is -2.36. The van der Waals surface area contributed by atoms with Gasteiger partial charge in [-0.1, -0.05) is 48.0 Å². The summed E-state index contributed by atoms with van der Waals surface area (Å²) in [7, 11) is 0. The molecular weight excluding hydrogens is 285 g/mol. The van der Waals surface area contributed by atoms with Gasteiger partial charge in [-0.25, -0.2) is 4.39 Å². The summed E-state index contributed by atoms with van der Waals surface area (Å²) in [5.74, 6) is 0.0644. The predicted octanol–water partition coefficient (Wildman–Crippen LogP) is 4.15. The van der Waals surface area contributed by atoms with Crippen molar-refractivity contribution < 1.29 is 4.39 Å². The number of hydrogen-bond acceptors (Lipinski definition) is 1. The van der Waals surface area contributed by atoms with Crippen molar-refractivity contribution in [2.45, 2.75) is 31.7 Å². The van der Waals surface area contributed by atoms with Crippen LogP contribution in [0, 0.1) is 11.7 Å². The minimum absolute atomic E-state index is 0.0117. The van der Waals surface area contributed by atoms with Gasteiger partial charge in [0.2, 0.25) is 0 Å². The lowest BCUT2D eigenvalue weighted by Gasteiger charge is -2.29. The third-order valence-electron chi connectivity index (χ3n) is 4.48. The number of benzene rings is 2. The second kappa shape index (κ2) is 6.17. The predicted molar refractivity (Wildman–Crippen MR) is 85.0 cm³/mol. The van der Waals surface area contributed by atoms with Crippen LogP contribution in [0.25, 0.3) is 0 Å². The van der Waals surface area contributed by atoms with Gasteiger partial charge in [-0.05, 0) is 54.4 Å². The molecule has 2 aromatic carbocycles. The molecule has 3 heteroatoms. The van der Waals surface area contributed by atoms with Gasteiger partial charge in [0.05, 0.1) is 5.02 Å². The van der Waals surface area contributed by atoms with Gasteiger partial charge in [0.1, 0.15) is 5.82 Å². The van der Waals surface area contributed by atoms with Crippen LogP contribution in [0.5, 0.6) is 0 Å². The van der Waals surface area contributed by atoms with Crippen LogP contribution in [0.15, 0.2) is 42.5 Å². The van der Waals surface area contributed by atoms with Gasteiger partial charge in [0, 0.05) is 6.04 Å². The van der Waals surface area contributed by atoms with Crippen LogP contribution in [0.4, 0.5) is 4.39 Å². The maximum atomic E-state index is 13.5. The lowest BCUT2D eigenvalue weighted by molar-refractivity contribution is 0.372. The zero-order valence-corrected chi connectivity index (χ0v) is 12.6. The van der Waals surface area contributed by atoms with E-state index >= 15 is 0 Å². The van der Waals surface area contributed by atoms with Gasteiger partial charge >= 0.3 is 0 Å². The summed E-state index contributed by atoms with van der Waals surface area (Å²) >= 11 is 6.03. The standard InChI is InChI=1S/C18H19ClFN/c19-18-15(6-3-7-16(18)20)11-17(21)14-9-8-12-4-1-2-5-13(12)10-14/h1-7,14,17H,8-11,21H2. The molecule has 110 valence electrons. The molecule has 0 saturated heterocycles. The van der Waals surface area contributed by atoms with Gasteiger partial charge in [-0.2, -0.15) is 0 Å². The van der Waals surface area contributed by atoms with E-state index in [0.29, 0.717) is 12.3 Å². The minimum Gasteiger partial charge on any atom is -0.327 e. The number of nitrogens with two attached hydrogens (primary N) is 1. The monoisotopic (exact) mass is 303 g/mol. The summed E-state index contributed by atoms with van der Waals surface area (Å²) < 4.78 is 13.5. The molecule has 1 aliphatic carbocycles. The van der Waals surface area contributed by atoms with E-state index in [0.717, 1.165) is 24.8 Å². The highest BCUT2D eigenvalue weighted by atomic mass is 35.5. The van der Waals surface area contributed by atoms with Crippen LogP contribution >= 0.6 is 11.6 Å². The summed E-state index contributed by atoms with van der Waals surface area (Å²) in [5.41, 5.74) is 10.0. The van der Waals surface area contributed by atoms with Crippen LogP contribution in [-0.2, 0) is 19.3 Å². The van der Waals surface area contributed by atoms with E-state index < -0.39 is 0 Å². The minimum atomic E-state index is -0.365. The molecule has 2 atom stereocenters. The highest BCUT2D eigenvalue weighted by molar-refractivity contribution is 6.31. The molecule has 21 heavy (non-hydrogen) atoms. The maximum absolute atomic E-state index is 13.5. The first-order chi connectivity index (χ1) is 10.1. The second-order valence-corrected chi connectivity index (χ2v) is 6.23. The van der Waals surface area contributed by atoms with Crippen molar-refractivity contribution in [3.63, 3.8) is 0 Å². The van der Waals surface area contributed by atoms with E-state index in [4.69, 9.17) is 17.3 Å². The molecule has 0 saturated carbocycles. The highest BCUT2D eigenvalue weighted by Crippen LogP contribution is 2.29. The van der Waals surface area contributed by atoms with E-state index in [1.807, 2.05) is 6.07 Å². The molecule has 0 aliphatic heterocycles. The van der Waals surface area contributed by atoms with Gasteiger partial charge < -0.3 is 5.73 Å². The zero-order chi connectivity index (χ0) is 14.8. The average molecular weight is 304 g/mol. The van der Waals surface area contributed by atoms with E-state index in [1.165, 1.54) is 17.2 Å². The van der Waals surface area contributed by atoms with Gasteiger partial charge in [0.25, 0.3) is 0 Å². The van der Waals surface area contributed by atoms with Crippen LogP contribution < -0.4 is 5.73 Å². The Morgan fingerprint density at radius 1 is 1.14 bits per heavy atom. The molecule has 0 amide bonds. The fourth-order valence-electron chi connectivity index (χ4n) is 3.22. The number of rotatable bonds is 3. The number of fused-ring (bicyclic) bond motifs is 1. The molecule has 2 unspecified atom stereocenters. The van der Waals surface area contributed by atoms with E-state index in [2.05, 4.69) is 24.3 Å². The topological polar surface area (TPSA) is 26.0 Å². The SMILES string of the molecule is NC(Cc1cccc(F)c1Cl)C1CCc2ccccc2C1. The van der Waals surface area contributed by atoms with Gasteiger partial charge in [-0.3, -0.25) is 0 Å². The number of hydrogen-bond donors (Lipinski definition) is 1. The first kappa shape index (κ1) is 14.6. The summed E-state index contributed by atoms with van der Waals surface area (Å²) in [4.78, 5) is 0. The second-order valence-electron chi connectivity index (χ2n) is 5.85. The normalized spacial score (nSPS) is 19.1. The summed E-state index contributed by atoms with van der Waals surface area (Å²) in [6.45, 7) is 0. The fraction of sp³-hybridized carbons (Fsp3) is 0.333. The number of halogens is 2. The first-order valence-electron chi connectivity index (χ1n) is 7.40. The van der Waals surface area contributed by atoms with E-state index in [9.17, 15) is 4.39 Å². The van der Waals surface area contributed by atoms with Crippen LogP contribution in [0.2, 0.25) is 5.02 Å². The highest BCUT2D eigenvalue weighted by Gasteiger charge is 2.24.